The van der Waals surface area contributed by atoms with Crippen molar-refractivity contribution in [2.75, 3.05) is 20.8 Å². The van der Waals surface area contributed by atoms with Gasteiger partial charge in [-0.3, -0.25) is 0 Å². The first-order chi connectivity index (χ1) is 30.2. The predicted molar refractivity (Wildman–Crippen MR) is 223 cm³/mol. The molecule has 64 heavy (non-hydrogen) atoms. The first-order valence-corrected chi connectivity index (χ1v) is 23.2. The third kappa shape index (κ3) is 8.14. The van der Waals surface area contributed by atoms with E-state index in [9.17, 15) is 45.3 Å². The minimum Gasteiger partial charge on any atom is -0.453 e. The number of fused-ring (bicyclic) bond motifs is 5. The maximum absolute atomic E-state index is 13.4. The summed E-state index contributed by atoms with van der Waals surface area (Å²) in [5, 5.41) is 78.4. The number of aliphatic hydroxyl groups excluding tert-OH is 5. The van der Waals surface area contributed by atoms with Crippen LogP contribution in [0.5, 0.6) is 0 Å². The number of allylic oxidation sites excluding steroid dienone is 1. The molecule has 0 spiro atoms. The molecule has 3 saturated heterocycles. The van der Waals surface area contributed by atoms with Gasteiger partial charge in [-0.15, -0.1) is 0 Å². The van der Waals surface area contributed by atoms with Gasteiger partial charge in [0.05, 0.1) is 48.3 Å². The second kappa shape index (κ2) is 19.0. The second-order valence-corrected chi connectivity index (χ2v) is 20.3. The Labute approximate surface area is 375 Å². The van der Waals surface area contributed by atoms with Gasteiger partial charge in [0.2, 0.25) is 0 Å². The quantitative estimate of drug-likeness (QED) is 0.0774. The molecule has 7 aliphatic rings. The van der Waals surface area contributed by atoms with Gasteiger partial charge in [-0.25, -0.2) is 4.79 Å². The Morgan fingerprint density at radius 1 is 0.812 bits per heavy atom. The lowest BCUT2D eigenvalue weighted by Crippen LogP contribution is -2.62. The average Bonchev–Trinajstić information content (AvgIpc) is 3.66. The van der Waals surface area contributed by atoms with E-state index in [2.05, 4.69) is 0 Å². The van der Waals surface area contributed by atoms with E-state index in [0.29, 0.717) is 44.1 Å². The van der Waals surface area contributed by atoms with E-state index < -0.39 is 145 Å². The van der Waals surface area contributed by atoms with Crippen LogP contribution in [0.4, 0.5) is 0 Å². The zero-order valence-electron chi connectivity index (χ0n) is 38.7. The highest BCUT2D eigenvalue weighted by atomic mass is 16.7. The Morgan fingerprint density at radius 3 is 2.14 bits per heavy atom. The van der Waals surface area contributed by atoms with Crippen LogP contribution in [-0.4, -0.2) is 178 Å². The number of ether oxygens (including phenoxy) is 9. The maximum Gasteiger partial charge on any atom is 0.333 e. The van der Waals surface area contributed by atoms with Gasteiger partial charge >= 0.3 is 5.97 Å². The number of carbonyl (C=O) groups is 2. The molecule has 3 heterocycles. The van der Waals surface area contributed by atoms with Crippen LogP contribution in [0.1, 0.15) is 99.8 Å². The number of esters is 1. The van der Waals surface area contributed by atoms with Gasteiger partial charge in [0.15, 0.2) is 25.0 Å². The highest BCUT2D eigenvalue weighted by Crippen LogP contribution is 2.74. The Kier molecular flexibility index (Phi) is 14.9. The van der Waals surface area contributed by atoms with Crippen molar-refractivity contribution in [3.05, 3.63) is 11.6 Å². The molecule has 18 heteroatoms. The van der Waals surface area contributed by atoms with Crippen LogP contribution in [0, 0.1) is 34.5 Å². The van der Waals surface area contributed by atoms with Crippen LogP contribution in [0.25, 0.3) is 0 Å². The summed E-state index contributed by atoms with van der Waals surface area (Å²) >= 11 is 0. The molecule has 7 fully saturated rings. The van der Waals surface area contributed by atoms with Crippen molar-refractivity contribution in [3.63, 3.8) is 0 Å². The Balaban J connectivity index is 1.01. The van der Waals surface area contributed by atoms with E-state index in [1.807, 2.05) is 20.8 Å². The number of hydrogen-bond donors (Lipinski definition) is 7. The van der Waals surface area contributed by atoms with E-state index in [4.69, 9.17) is 42.6 Å². The van der Waals surface area contributed by atoms with Crippen molar-refractivity contribution in [2.45, 2.75) is 209 Å². The van der Waals surface area contributed by atoms with Crippen molar-refractivity contribution in [1.82, 2.24) is 0 Å². The average molecular weight is 915 g/mol. The molecule has 0 aromatic heterocycles. The summed E-state index contributed by atoms with van der Waals surface area (Å²) in [7, 11) is 2.96. The van der Waals surface area contributed by atoms with Crippen LogP contribution in [0.2, 0.25) is 0 Å². The summed E-state index contributed by atoms with van der Waals surface area (Å²) in [6.07, 6.45) is -9.69. The highest BCUT2D eigenvalue weighted by Gasteiger charge is 2.77. The number of methoxy groups -OCH3 is 2. The van der Waals surface area contributed by atoms with Crippen molar-refractivity contribution in [2.24, 2.45) is 34.5 Å². The minimum absolute atomic E-state index is 0.149. The summed E-state index contributed by atoms with van der Waals surface area (Å²) in [5.74, 6) is -2.41. The zero-order chi connectivity index (χ0) is 46.8. The Hall–Kier alpha value is -1.72. The molecule has 0 radical (unpaired) electrons. The van der Waals surface area contributed by atoms with E-state index in [1.54, 1.807) is 40.9 Å². The molecule has 0 amide bonds. The van der Waals surface area contributed by atoms with Crippen LogP contribution >= 0.6 is 0 Å². The molecule has 0 aromatic rings. The lowest BCUT2D eigenvalue weighted by molar-refractivity contribution is -0.344. The fourth-order valence-corrected chi connectivity index (χ4v) is 13.5. The lowest BCUT2D eigenvalue weighted by Gasteiger charge is -2.56. The molecule has 18 nitrogen and oxygen atoms in total. The van der Waals surface area contributed by atoms with Crippen molar-refractivity contribution >= 4 is 12.3 Å². The monoisotopic (exact) mass is 914 g/mol. The molecule has 366 valence electrons. The van der Waals surface area contributed by atoms with Crippen LogP contribution in [-0.2, 0) is 52.2 Å². The first kappa shape index (κ1) is 50.2. The van der Waals surface area contributed by atoms with Gasteiger partial charge in [-0.1, -0.05) is 19.9 Å². The maximum atomic E-state index is 13.4. The number of hydrogen-bond acceptors (Lipinski definition) is 18. The minimum atomic E-state index is -1.59. The Bertz CT molecular complexity index is 1680. The topological polar surface area (TPSA) is 259 Å². The summed E-state index contributed by atoms with van der Waals surface area (Å²) in [6, 6.07) is 0. The summed E-state index contributed by atoms with van der Waals surface area (Å²) in [6.45, 7) is 12.2. The first-order valence-electron chi connectivity index (χ1n) is 23.2. The fraction of sp³-hybridized carbons (Fsp3) is 0.913. The van der Waals surface area contributed by atoms with Crippen LogP contribution in [0.3, 0.4) is 0 Å². The summed E-state index contributed by atoms with van der Waals surface area (Å²) in [4.78, 5) is 26.0. The molecule has 7 N–H and O–H groups in total. The molecule has 4 saturated carbocycles. The van der Waals surface area contributed by atoms with E-state index in [0.717, 1.165) is 6.29 Å². The molecule has 4 aliphatic carbocycles. The Morgan fingerprint density at radius 2 is 1.50 bits per heavy atom. The normalized spacial score (nSPS) is 52.3. The van der Waals surface area contributed by atoms with Crippen molar-refractivity contribution < 1.29 is 88.0 Å². The second-order valence-electron chi connectivity index (χ2n) is 20.3. The number of carbonyl (C=O) groups excluding carboxylic acids is 2. The van der Waals surface area contributed by atoms with Gasteiger partial charge in [-0.05, 0) is 85.0 Å². The van der Waals surface area contributed by atoms with E-state index >= 15 is 0 Å². The number of rotatable bonds is 13. The SMILES string of the molecule is C/C=C(\C)C(=O)O[C@H]1[C@H](OC)[C@@H](O)[C@H](O[C@@H]2[C@@H](C)O[C@@H](O[C@H]3CC[C@]4(C)[C@H]5CC[C@]6(C)[C@@H]([C@H](C)O[C@@H]7O[C@H](CO)[C@@H](O)[C@H](O)[C@H]7O)CC[C@]6(O)[C@@H]5C(C=O)[C@@]4(O)C3)C[C@H]2OC)O[C@@H]1C. The molecule has 24 atom stereocenters. The molecule has 0 aromatic carbocycles. The van der Waals surface area contributed by atoms with Gasteiger partial charge in [0, 0.05) is 55.3 Å². The van der Waals surface area contributed by atoms with E-state index in [-0.39, 0.29) is 24.7 Å². The predicted octanol–water partition coefficient (Wildman–Crippen LogP) is 1.03. The smallest absolute Gasteiger partial charge is 0.333 e. The van der Waals surface area contributed by atoms with Gasteiger partial charge < -0.3 is 83.2 Å². The molecule has 1 unspecified atom stereocenters. The standard InChI is InChI=1S/C46H74O18/c1-10-21(2)40(53)63-38-24(5)60-42(36(52)39(38)57-9)64-37-23(4)58-31(17-29(37)56-8)61-25-11-14-44(7)27-12-15-43(6)26(13-16-45(43,54)32(27)28(19-47)46(44,55)18-25)22(3)59-41-35(51)34(50)33(49)30(20-48)62-41/h10,19,22-39,41-42,48-52,54-55H,11-18,20H2,1-9H3/b21-10+/t22-,23+,24+,25-,26+,27-,28?,29+,30+,31-,32-,33+,34-,35+,36+,37+,38+,39+,41+,42-,43+,44+,45-,46-/m0/s1. The van der Waals surface area contributed by atoms with Crippen LogP contribution in [0.15, 0.2) is 11.6 Å². The lowest BCUT2D eigenvalue weighted by atomic mass is 9.52. The van der Waals surface area contributed by atoms with Crippen LogP contribution < -0.4 is 0 Å². The van der Waals surface area contributed by atoms with Gasteiger partial charge in [0.1, 0.15) is 49.0 Å². The third-order valence-electron chi connectivity index (χ3n) is 17.4. The summed E-state index contributed by atoms with van der Waals surface area (Å²) < 4.78 is 54.5. The zero-order valence-corrected chi connectivity index (χ0v) is 38.7. The van der Waals surface area contributed by atoms with Gasteiger partial charge in [0.25, 0.3) is 0 Å². The molecule has 3 aliphatic heterocycles. The largest absolute Gasteiger partial charge is 0.453 e. The molecular formula is C46H74O18. The fourth-order valence-electron chi connectivity index (χ4n) is 13.5. The number of aldehydes is 1. The van der Waals surface area contributed by atoms with Gasteiger partial charge in [-0.2, -0.15) is 0 Å². The van der Waals surface area contributed by atoms with Crippen molar-refractivity contribution in [3.8, 4) is 0 Å². The molecule has 0 bridgehead atoms. The summed E-state index contributed by atoms with van der Waals surface area (Å²) in [5.41, 5.74) is -3.89. The van der Waals surface area contributed by atoms with E-state index in [1.165, 1.54) is 7.11 Å². The number of aliphatic hydroxyl groups is 7. The third-order valence-corrected chi connectivity index (χ3v) is 17.4. The molecular weight excluding hydrogens is 840 g/mol. The van der Waals surface area contributed by atoms with Crippen molar-refractivity contribution in [1.29, 1.82) is 0 Å². The highest BCUT2D eigenvalue weighted by molar-refractivity contribution is 5.87. The molecule has 7 rings (SSSR count).